The molecule has 0 fully saturated rings. The van der Waals surface area contributed by atoms with Crippen LogP contribution in [0.5, 0.6) is 5.75 Å². The molecule has 4 atom stereocenters. The number of nitrogens with zero attached hydrogens (tertiary/aromatic N) is 2. The summed E-state index contributed by atoms with van der Waals surface area (Å²) in [5.74, 6) is -6.77. The number of allylic oxidation sites excluding steroid dienone is 1. The van der Waals surface area contributed by atoms with Gasteiger partial charge in [-0.2, -0.15) is 0 Å². The van der Waals surface area contributed by atoms with Gasteiger partial charge in [-0.25, -0.2) is 4.79 Å². The Balaban J connectivity index is 1.95. The first-order chi connectivity index (χ1) is 19.0. The van der Waals surface area contributed by atoms with Gasteiger partial charge < -0.3 is 46.8 Å². The Bertz CT molecular complexity index is 1430. The zero-order valence-corrected chi connectivity index (χ0v) is 23.4. The molecule has 0 spiro atoms. The molecule has 3 aliphatic carbocycles. The van der Waals surface area contributed by atoms with Crippen molar-refractivity contribution in [3.05, 3.63) is 45.4 Å². The van der Waals surface area contributed by atoms with E-state index in [2.05, 4.69) is 5.32 Å². The minimum absolute atomic E-state index is 0.0592. The number of hydrogen-bond acceptors (Lipinski definition) is 12. The molecule has 0 unspecified atom stereocenters. The van der Waals surface area contributed by atoms with E-state index in [1.807, 2.05) is 0 Å². The number of likely N-dealkylation sites (N-methyl/N-ethyl adjacent to an activating group) is 1. The highest BCUT2D eigenvalue weighted by molar-refractivity contribution is 6.25. The van der Waals surface area contributed by atoms with Gasteiger partial charge in [0.15, 0.2) is 5.78 Å². The molecule has 1 aromatic carbocycles. The average molecular weight is 574 g/mol. The van der Waals surface area contributed by atoms with E-state index in [-0.39, 0.29) is 42.7 Å². The lowest BCUT2D eigenvalue weighted by Crippen LogP contribution is -2.79. The number of fused-ring (bicyclic) bond motifs is 3. The SMILES string of the molecule is CCOC(=O)NCc1cc(N(C)C)c2c(c1O)C(=O)C1=C(O)[C@]3(O)C(=O)C(C(N)=O)=C(O)[C@H](N(C)C)[C@]3(N)C[C@@H]1C2. The van der Waals surface area contributed by atoms with Crippen LogP contribution >= 0.6 is 0 Å². The number of ether oxygens (including phenoxy) is 1. The molecule has 3 aliphatic rings. The number of aliphatic hydroxyl groups is 3. The number of rotatable bonds is 6. The third-order valence-electron chi connectivity index (χ3n) is 8.15. The van der Waals surface area contributed by atoms with Crippen molar-refractivity contribution >= 4 is 29.3 Å². The van der Waals surface area contributed by atoms with Crippen LogP contribution in [0.25, 0.3) is 0 Å². The zero-order chi connectivity index (χ0) is 30.8. The number of amides is 2. The maximum absolute atomic E-state index is 14.0. The molecule has 9 N–H and O–H groups in total. The summed E-state index contributed by atoms with van der Waals surface area (Å²) in [7, 11) is 6.44. The van der Waals surface area contributed by atoms with Gasteiger partial charge in [-0.15, -0.1) is 0 Å². The van der Waals surface area contributed by atoms with Crippen LogP contribution in [0.2, 0.25) is 0 Å². The van der Waals surface area contributed by atoms with Crippen LogP contribution in [0.3, 0.4) is 0 Å². The highest BCUT2D eigenvalue weighted by Crippen LogP contribution is 2.54. The largest absolute Gasteiger partial charge is 0.510 e. The number of hydrogen-bond donors (Lipinski definition) is 7. The number of aliphatic hydroxyl groups excluding tert-OH is 2. The van der Waals surface area contributed by atoms with Crippen LogP contribution in [-0.4, -0.2) is 101 Å². The maximum Gasteiger partial charge on any atom is 0.407 e. The molecule has 0 saturated heterocycles. The number of benzene rings is 1. The normalized spacial score (nSPS) is 27.3. The number of carbonyl (C=O) groups excluding carboxylic acids is 4. The molecule has 0 heterocycles. The van der Waals surface area contributed by atoms with E-state index >= 15 is 0 Å². The number of ketones is 2. The Morgan fingerprint density at radius 3 is 2.34 bits per heavy atom. The van der Waals surface area contributed by atoms with Gasteiger partial charge >= 0.3 is 6.09 Å². The van der Waals surface area contributed by atoms with Crippen molar-refractivity contribution in [1.29, 1.82) is 0 Å². The number of nitrogens with two attached hydrogens (primary N) is 2. The molecule has 0 aliphatic heterocycles. The molecule has 0 bridgehead atoms. The zero-order valence-electron chi connectivity index (χ0n) is 23.4. The number of alkyl carbamates (subject to hydrolysis) is 1. The Morgan fingerprint density at radius 1 is 1.17 bits per heavy atom. The van der Waals surface area contributed by atoms with Gasteiger partial charge in [0.05, 0.1) is 23.8 Å². The topological polar surface area (TPSA) is 229 Å². The number of phenols is 1. The van der Waals surface area contributed by atoms with Crippen LogP contribution in [0.1, 0.15) is 34.8 Å². The van der Waals surface area contributed by atoms with Crippen LogP contribution in [0.15, 0.2) is 28.7 Å². The molecule has 222 valence electrons. The second kappa shape index (κ2) is 10.0. The average Bonchev–Trinajstić information content (AvgIpc) is 2.85. The molecule has 4 rings (SSSR count). The quantitative estimate of drug-likeness (QED) is 0.214. The van der Waals surface area contributed by atoms with Gasteiger partial charge in [-0.1, -0.05) is 0 Å². The molecular formula is C27H35N5O9. The summed E-state index contributed by atoms with van der Waals surface area (Å²) >= 11 is 0. The fourth-order valence-electron chi connectivity index (χ4n) is 6.45. The van der Waals surface area contributed by atoms with Crippen molar-refractivity contribution in [3.63, 3.8) is 0 Å². The number of primary amides is 1. The van der Waals surface area contributed by atoms with Gasteiger partial charge in [-0.05, 0) is 51.4 Å². The molecular weight excluding hydrogens is 538 g/mol. The van der Waals surface area contributed by atoms with E-state index in [0.29, 0.717) is 11.3 Å². The van der Waals surface area contributed by atoms with Crippen LogP contribution in [-0.2, 0) is 27.3 Å². The van der Waals surface area contributed by atoms with E-state index < -0.39 is 69.5 Å². The van der Waals surface area contributed by atoms with Gasteiger partial charge in [0.2, 0.25) is 11.4 Å². The van der Waals surface area contributed by atoms with E-state index in [4.69, 9.17) is 16.2 Å². The van der Waals surface area contributed by atoms with E-state index in [0.717, 1.165) is 0 Å². The number of anilines is 1. The van der Waals surface area contributed by atoms with Crippen molar-refractivity contribution in [2.45, 2.75) is 43.5 Å². The van der Waals surface area contributed by atoms with Crippen molar-refractivity contribution in [3.8, 4) is 5.75 Å². The Hall–Kier alpha value is -4.14. The Labute approximate surface area is 235 Å². The van der Waals surface area contributed by atoms with Crippen LogP contribution < -0.4 is 21.7 Å². The second-order valence-electron chi connectivity index (χ2n) is 11.0. The summed E-state index contributed by atoms with van der Waals surface area (Å²) in [6, 6.07) is 0.269. The second-order valence-corrected chi connectivity index (χ2v) is 11.0. The minimum Gasteiger partial charge on any atom is -0.510 e. The fourth-order valence-corrected chi connectivity index (χ4v) is 6.45. The summed E-state index contributed by atoms with van der Waals surface area (Å²) in [6.07, 6.45) is -0.938. The van der Waals surface area contributed by atoms with Gasteiger partial charge in [0.1, 0.15) is 22.8 Å². The summed E-state index contributed by atoms with van der Waals surface area (Å²) in [4.78, 5) is 54.7. The first-order valence-corrected chi connectivity index (χ1v) is 12.9. The smallest absolute Gasteiger partial charge is 0.407 e. The monoisotopic (exact) mass is 573 g/mol. The lowest BCUT2D eigenvalue weighted by molar-refractivity contribution is -0.152. The predicted octanol–water partition coefficient (Wildman–Crippen LogP) is -0.486. The van der Waals surface area contributed by atoms with Crippen molar-refractivity contribution in [1.82, 2.24) is 10.2 Å². The molecule has 0 radical (unpaired) electrons. The summed E-state index contributed by atoms with van der Waals surface area (Å²) in [5, 5.41) is 48.0. The lowest BCUT2D eigenvalue weighted by Gasteiger charge is -2.56. The standard InChI is InChI=1S/C27H35N5O9/c1-6-41-25(39)30-10-12-8-14(31(2)3)13-7-11-9-26(29)21(32(4)5)20(35)17(24(28)38)23(37)27(26,40)22(36)15(11)19(34)16(13)18(12)33/h8,11,21,33,35-36,40H,6-7,9-10,29H2,1-5H3,(H2,28,38)(H,30,39)/t11-,21-,26+,27-/m0/s1. The molecule has 0 saturated carbocycles. The predicted molar refractivity (Wildman–Crippen MR) is 145 cm³/mol. The maximum atomic E-state index is 14.0. The number of nitrogens with one attached hydrogen (secondary N) is 1. The number of Topliss-reactive ketones (excluding diaryl/α,β-unsaturated/α-hetero) is 2. The Kier molecular flexibility index (Phi) is 7.31. The third kappa shape index (κ3) is 4.12. The molecule has 2 amide bonds. The third-order valence-corrected chi connectivity index (χ3v) is 8.15. The minimum atomic E-state index is -3.00. The molecule has 14 heteroatoms. The van der Waals surface area contributed by atoms with E-state index in [1.165, 1.54) is 19.0 Å². The van der Waals surface area contributed by atoms with Crippen molar-refractivity contribution in [2.24, 2.45) is 17.4 Å². The van der Waals surface area contributed by atoms with Crippen molar-refractivity contribution < 1.29 is 44.3 Å². The fraction of sp³-hybridized carbons (Fsp3) is 0.481. The first kappa shape index (κ1) is 29.8. The molecule has 41 heavy (non-hydrogen) atoms. The number of phenolic OH excluding ortho intramolecular Hbond substituents is 1. The molecule has 14 nitrogen and oxygen atoms in total. The molecule has 0 aromatic heterocycles. The highest BCUT2D eigenvalue weighted by atomic mass is 16.5. The van der Waals surface area contributed by atoms with Gasteiger partial charge in [-0.3, -0.25) is 19.3 Å². The summed E-state index contributed by atoms with van der Waals surface area (Å²) in [5.41, 5.74) is 6.67. The van der Waals surface area contributed by atoms with Crippen LogP contribution in [0.4, 0.5) is 10.5 Å². The molecule has 1 aromatic rings. The summed E-state index contributed by atoms with van der Waals surface area (Å²) < 4.78 is 4.86. The first-order valence-electron chi connectivity index (χ1n) is 12.9. The van der Waals surface area contributed by atoms with E-state index in [9.17, 15) is 39.6 Å². The lowest BCUT2D eigenvalue weighted by atomic mass is 9.54. The van der Waals surface area contributed by atoms with Crippen LogP contribution in [0, 0.1) is 5.92 Å². The van der Waals surface area contributed by atoms with Gasteiger partial charge in [0, 0.05) is 37.5 Å². The summed E-state index contributed by atoms with van der Waals surface area (Å²) in [6.45, 7) is 1.57. The Morgan fingerprint density at radius 2 is 1.80 bits per heavy atom. The number of aromatic hydroxyl groups is 1. The van der Waals surface area contributed by atoms with Gasteiger partial charge in [0.25, 0.3) is 5.91 Å². The number of carbonyl (C=O) groups is 4. The highest BCUT2D eigenvalue weighted by Gasteiger charge is 2.70. The van der Waals surface area contributed by atoms with E-state index in [1.54, 1.807) is 32.0 Å². The van der Waals surface area contributed by atoms with Crippen molar-refractivity contribution in [2.75, 3.05) is 39.7 Å².